The van der Waals surface area contributed by atoms with Crippen LogP contribution in [0.1, 0.15) is 46.0 Å². The minimum atomic E-state index is 1.08. The lowest BCUT2D eigenvalue weighted by atomic mass is 9.81. The van der Waals surface area contributed by atoms with Gasteiger partial charge in [-0.25, -0.2) is 0 Å². The minimum Gasteiger partial charge on any atom is -0.0887 e. The van der Waals surface area contributed by atoms with Crippen LogP contribution < -0.4 is 0 Å². The molecule has 0 spiro atoms. The topological polar surface area (TPSA) is 0 Å². The van der Waals surface area contributed by atoms with E-state index in [0.29, 0.717) is 0 Å². The summed E-state index contributed by atoms with van der Waals surface area (Å²) in [5, 5.41) is 0. The molecule has 0 heterocycles. The highest BCUT2D eigenvalue weighted by molar-refractivity contribution is 4.95. The van der Waals surface area contributed by atoms with Crippen LogP contribution in [0.5, 0.6) is 0 Å². The van der Waals surface area contributed by atoms with Crippen LogP contribution in [0.4, 0.5) is 0 Å². The van der Waals surface area contributed by atoms with E-state index in [9.17, 15) is 0 Å². The van der Waals surface area contributed by atoms with Gasteiger partial charge in [0.25, 0.3) is 0 Å². The van der Waals surface area contributed by atoms with Gasteiger partial charge in [0.05, 0.1) is 0 Å². The average molecular weight is 138 g/mol. The summed E-state index contributed by atoms with van der Waals surface area (Å²) in [5.41, 5.74) is 1.56. The van der Waals surface area contributed by atoms with Crippen LogP contribution in [0.25, 0.3) is 0 Å². The summed E-state index contributed by atoms with van der Waals surface area (Å²) in [5.74, 6) is 1.08. The molecule has 1 fully saturated rings. The standard InChI is InChI=1S/C10H18/c1-3-9(2)7-8-10-5-4-6-10/h3,10H,4-8H2,1-2H3. The third-order valence-electron chi connectivity index (χ3n) is 2.66. The summed E-state index contributed by atoms with van der Waals surface area (Å²) in [7, 11) is 0. The van der Waals surface area contributed by atoms with E-state index in [1.165, 1.54) is 32.1 Å². The van der Waals surface area contributed by atoms with E-state index in [2.05, 4.69) is 19.9 Å². The van der Waals surface area contributed by atoms with Crippen LogP contribution in [0, 0.1) is 5.92 Å². The Labute approximate surface area is 64.3 Å². The molecule has 0 atom stereocenters. The van der Waals surface area contributed by atoms with Gasteiger partial charge in [0.15, 0.2) is 0 Å². The summed E-state index contributed by atoms with van der Waals surface area (Å²) < 4.78 is 0. The molecule has 0 unspecified atom stereocenters. The SMILES string of the molecule is CC=C(C)CCC1CCC1. The number of hydrogen-bond donors (Lipinski definition) is 0. The van der Waals surface area contributed by atoms with E-state index in [0.717, 1.165) is 5.92 Å². The Morgan fingerprint density at radius 2 is 2.20 bits per heavy atom. The molecule has 0 heteroatoms. The maximum atomic E-state index is 2.23. The molecule has 0 aromatic rings. The second kappa shape index (κ2) is 3.80. The Hall–Kier alpha value is -0.260. The van der Waals surface area contributed by atoms with Crippen molar-refractivity contribution < 1.29 is 0 Å². The normalized spacial score (nSPS) is 20.8. The van der Waals surface area contributed by atoms with Crippen molar-refractivity contribution in [2.24, 2.45) is 5.92 Å². The highest BCUT2D eigenvalue weighted by atomic mass is 14.2. The third kappa shape index (κ3) is 2.17. The van der Waals surface area contributed by atoms with Gasteiger partial charge in [0.2, 0.25) is 0 Å². The molecule has 0 amide bonds. The first kappa shape index (κ1) is 7.84. The zero-order chi connectivity index (χ0) is 7.40. The summed E-state index contributed by atoms with van der Waals surface area (Å²) >= 11 is 0. The molecule has 0 N–H and O–H groups in total. The zero-order valence-electron chi connectivity index (χ0n) is 7.19. The fourth-order valence-corrected chi connectivity index (χ4v) is 1.36. The number of rotatable bonds is 3. The van der Waals surface area contributed by atoms with Gasteiger partial charge in [-0.05, 0) is 32.6 Å². The average Bonchev–Trinajstić information content (AvgIpc) is 1.84. The first-order valence-electron chi connectivity index (χ1n) is 4.44. The van der Waals surface area contributed by atoms with E-state index in [4.69, 9.17) is 0 Å². The predicted molar refractivity (Wildman–Crippen MR) is 46.0 cm³/mol. The molecule has 0 radical (unpaired) electrons. The van der Waals surface area contributed by atoms with Crippen molar-refractivity contribution >= 4 is 0 Å². The van der Waals surface area contributed by atoms with Crippen LogP contribution in [-0.4, -0.2) is 0 Å². The molecule has 1 aliphatic rings. The molecule has 0 bridgehead atoms. The van der Waals surface area contributed by atoms with Crippen molar-refractivity contribution in [3.63, 3.8) is 0 Å². The lowest BCUT2D eigenvalue weighted by Gasteiger charge is -2.25. The van der Waals surface area contributed by atoms with E-state index in [-0.39, 0.29) is 0 Å². The molecule has 1 saturated carbocycles. The first-order chi connectivity index (χ1) is 4.83. The lowest BCUT2D eigenvalue weighted by Crippen LogP contribution is -2.10. The minimum absolute atomic E-state index is 1.08. The van der Waals surface area contributed by atoms with Crippen LogP contribution in [0.3, 0.4) is 0 Å². The Bertz CT molecular complexity index is 118. The van der Waals surface area contributed by atoms with Gasteiger partial charge >= 0.3 is 0 Å². The smallest absolute Gasteiger partial charge is 0.0321 e. The van der Waals surface area contributed by atoms with Crippen LogP contribution in [-0.2, 0) is 0 Å². The molecule has 1 aliphatic carbocycles. The second-order valence-corrected chi connectivity index (χ2v) is 3.47. The highest BCUT2D eigenvalue weighted by Gasteiger charge is 2.16. The largest absolute Gasteiger partial charge is 0.0887 e. The van der Waals surface area contributed by atoms with Gasteiger partial charge in [-0.15, -0.1) is 0 Å². The van der Waals surface area contributed by atoms with Crippen molar-refractivity contribution in [2.45, 2.75) is 46.0 Å². The molecule has 1 rings (SSSR count). The van der Waals surface area contributed by atoms with E-state index in [1.54, 1.807) is 5.57 Å². The van der Waals surface area contributed by atoms with E-state index in [1.807, 2.05) is 0 Å². The van der Waals surface area contributed by atoms with E-state index >= 15 is 0 Å². The van der Waals surface area contributed by atoms with E-state index < -0.39 is 0 Å². The Morgan fingerprint density at radius 1 is 1.50 bits per heavy atom. The Balaban J connectivity index is 2.04. The molecule has 0 nitrogen and oxygen atoms in total. The van der Waals surface area contributed by atoms with Crippen molar-refractivity contribution in [1.82, 2.24) is 0 Å². The van der Waals surface area contributed by atoms with Crippen LogP contribution in [0.2, 0.25) is 0 Å². The fourth-order valence-electron chi connectivity index (χ4n) is 1.36. The number of allylic oxidation sites excluding steroid dienone is 2. The van der Waals surface area contributed by atoms with Gasteiger partial charge in [-0.1, -0.05) is 30.9 Å². The summed E-state index contributed by atoms with van der Waals surface area (Å²) in [4.78, 5) is 0. The molecule has 0 aliphatic heterocycles. The quantitative estimate of drug-likeness (QED) is 0.523. The fraction of sp³-hybridized carbons (Fsp3) is 0.800. The number of hydrogen-bond acceptors (Lipinski definition) is 0. The van der Waals surface area contributed by atoms with Crippen LogP contribution >= 0.6 is 0 Å². The molecular formula is C10H18. The third-order valence-corrected chi connectivity index (χ3v) is 2.66. The van der Waals surface area contributed by atoms with Gasteiger partial charge in [-0.3, -0.25) is 0 Å². The Morgan fingerprint density at radius 3 is 2.60 bits per heavy atom. The molecule has 0 saturated heterocycles. The molecule has 58 valence electrons. The second-order valence-electron chi connectivity index (χ2n) is 3.47. The first-order valence-corrected chi connectivity index (χ1v) is 4.44. The van der Waals surface area contributed by atoms with Crippen molar-refractivity contribution in [2.75, 3.05) is 0 Å². The Kier molecular flexibility index (Phi) is 2.98. The zero-order valence-corrected chi connectivity index (χ0v) is 7.19. The molecule has 0 aromatic heterocycles. The van der Waals surface area contributed by atoms with Gasteiger partial charge in [0, 0.05) is 0 Å². The predicted octanol–water partition coefficient (Wildman–Crippen LogP) is 3.53. The highest BCUT2D eigenvalue weighted by Crippen LogP contribution is 2.31. The van der Waals surface area contributed by atoms with Crippen LogP contribution in [0.15, 0.2) is 11.6 Å². The summed E-state index contributed by atoms with van der Waals surface area (Å²) in [6, 6.07) is 0. The monoisotopic (exact) mass is 138 g/mol. The summed E-state index contributed by atoms with van der Waals surface area (Å²) in [6.45, 7) is 4.37. The van der Waals surface area contributed by atoms with Gasteiger partial charge in [0.1, 0.15) is 0 Å². The van der Waals surface area contributed by atoms with Gasteiger partial charge < -0.3 is 0 Å². The lowest BCUT2D eigenvalue weighted by molar-refractivity contribution is 0.296. The molecule has 0 aromatic carbocycles. The maximum absolute atomic E-state index is 2.23. The molecular weight excluding hydrogens is 120 g/mol. The summed E-state index contributed by atoms with van der Waals surface area (Å²) in [6.07, 6.45) is 9.49. The van der Waals surface area contributed by atoms with Crippen molar-refractivity contribution in [1.29, 1.82) is 0 Å². The maximum Gasteiger partial charge on any atom is -0.0321 e. The molecule has 10 heavy (non-hydrogen) atoms. The van der Waals surface area contributed by atoms with Crippen molar-refractivity contribution in [3.8, 4) is 0 Å². The van der Waals surface area contributed by atoms with Gasteiger partial charge in [-0.2, -0.15) is 0 Å². The van der Waals surface area contributed by atoms with Crippen molar-refractivity contribution in [3.05, 3.63) is 11.6 Å².